The summed E-state index contributed by atoms with van der Waals surface area (Å²) >= 11 is 0. The zero-order chi connectivity index (χ0) is 17.9. The Morgan fingerprint density at radius 3 is 2.46 bits per heavy atom. The molecule has 1 aliphatic rings. The lowest BCUT2D eigenvalue weighted by Gasteiger charge is -2.37. The van der Waals surface area contributed by atoms with E-state index >= 15 is 0 Å². The molecule has 2 nitrogen and oxygen atoms in total. The van der Waals surface area contributed by atoms with Crippen molar-refractivity contribution in [2.45, 2.75) is 50.6 Å². The van der Waals surface area contributed by atoms with Crippen molar-refractivity contribution in [2.24, 2.45) is 0 Å². The fourth-order valence-corrected chi connectivity index (χ4v) is 4.51. The van der Waals surface area contributed by atoms with Gasteiger partial charge in [0.2, 0.25) is 0 Å². The predicted molar refractivity (Wildman–Crippen MR) is 107 cm³/mol. The molecule has 0 aromatic heterocycles. The zero-order valence-corrected chi connectivity index (χ0v) is 15.4. The van der Waals surface area contributed by atoms with Crippen LogP contribution in [-0.4, -0.2) is 16.3 Å². The van der Waals surface area contributed by atoms with Crippen LogP contribution in [0.3, 0.4) is 0 Å². The van der Waals surface area contributed by atoms with Crippen molar-refractivity contribution < 1.29 is 5.21 Å². The fourth-order valence-electron chi connectivity index (χ4n) is 4.51. The van der Waals surface area contributed by atoms with Crippen molar-refractivity contribution in [1.82, 2.24) is 5.06 Å². The normalized spacial score (nSPS) is 21.8. The van der Waals surface area contributed by atoms with Crippen molar-refractivity contribution in [3.05, 3.63) is 83.9 Å². The Morgan fingerprint density at radius 1 is 0.885 bits per heavy atom. The van der Waals surface area contributed by atoms with E-state index in [1.54, 1.807) is 5.06 Å². The summed E-state index contributed by atoms with van der Waals surface area (Å²) in [5, 5.41) is 15.1. The van der Waals surface area contributed by atoms with Crippen LogP contribution < -0.4 is 0 Å². The molecule has 0 radical (unpaired) electrons. The van der Waals surface area contributed by atoms with Crippen LogP contribution in [0.4, 0.5) is 0 Å². The third-order valence-corrected chi connectivity index (χ3v) is 5.96. The highest BCUT2D eigenvalue weighted by atomic mass is 16.5. The van der Waals surface area contributed by atoms with E-state index in [2.05, 4.69) is 79.7 Å². The van der Waals surface area contributed by atoms with E-state index < -0.39 is 0 Å². The maximum atomic E-state index is 11.1. The standard InChI is InChI=1S/C24H27NO/c1-18(23-16-8-12-20-11-5-6-15-24(20)23)25(26)22-14-7-13-21(17-22)19-9-3-2-4-10-19/h2-6,8-12,15-16,18,21-22,26H,7,13-14,17H2,1H3/t18-,21+,22+/m1/s1. The molecule has 0 spiro atoms. The Hall–Kier alpha value is -2.16. The van der Waals surface area contributed by atoms with Crippen LogP contribution in [0.25, 0.3) is 10.8 Å². The van der Waals surface area contributed by atoms with E-state index in [-0.39, 0.29) is 12.1 Å². The number of hydroxylamine groups is 2. The number of rotatable bonds is 4. The number of benzene rings is 3. The average molecular weight is 345 g/mol. The summed E-state index contributed by atoms with van der Waals surface area (Å²) in [5.41, 5.74) is 2.61. The molecule has 0 unspecified atom stereocenters. The molecule has 4 rings (SSSR count). The van der Waals surface area contributed by atoms with Crippen molar-refractivity contribution in [1.29, 1.82) is 0 Å². The lowest BCUT2D eigenvalue weighted by molar-refractivity contribution is -0.165. The summed E-state index contributed by atoms with van der Waals surface area (Å²) in [6.45, 7) is 2.12. The summed E-state index contributed by atoms with van der Waals surface area (Å²) in [5.74, 6) is 0.546. The number of hydrogen-bond donors (Lipinski definition) is 1. The molecular formula is C24H27NO. The van der Waals surface area contributed by atoms with Crippen molar-refractivity contribution in [3.8, 4) is 0 Å². The van der Waals surface area contributed by atoms with Gasteiger partial charge in [-0.15, -0.1) is 0 Å². The number of nitrogens with zero attached hydrogens (tertiary/aromatic N) is 1. The molecule has 1 N–H and O–H groups in total. The maximum absolute atomic E-state index is 11.1. The van der Waals surface area contributed by atoms with Gasteiger partial charge in [0.1, 0.15) is 0 Å². The molecule has 0 bridgehead atoms. The van der Waals surface area contributed by atoms with Gasteiger partial charge in [-0.1, -0.05) is 79.2 Å². The lowest BCUT2D eigenvalue weighted by atomic mass is 9.81. The van der Waals surface area contributed by atoms with Crippen LogP contribution in [0, 0.1) is 0 Å². The van der Waals surface area contributed by atoms with Gasteiger partial charge in [0.25, 0.3) is 0 Å². The van der Waals surface area contributed by atoms with Gasteiger partial charge >= 0.3 is 0 Å². The van der Waals surface area contributed by atoms with Gasteiger partial charge < -0.3 is 5.21 Å². The van der Waals surface area contributed by atoms with E-state index in [9.17, 15) is 5.21 Å². The summed E-state index contributed by atoms with van der Waals surface area (Å²) in [7, 11) is 0. The quantitative estimate of drug-likeness (QED) is 0.559. The molecule has 0 heterocycles. The lowest BCUT2D eigenvalue weighted by Crippen LogP contribution is -2.37. The second-order valence-electron chi connectivity index (χ2n) is 7.55. The van der Waals surface area contributed by atoms with Crippen molar-refractivity contribution in [2.75, 3.05) is 0 Å². The van der Waals surface area contributed by atoms with Gasteiger partial charge in [-0.25, -0.2) is 0 Å². The first-order valence-electron chi connectivity index (χ1n) is 9.74. The van der Waals surface area contributed by atoms with Crippen LogP contribution in [0.1, 0.15) is 55.7 Å². The van der Waals surface area contributed by atoms with E-state index in [0.717, 1.165) is 12.8 Å². The Morgan fingerprint density at radius 2 is 1.62 bits per heavy atom. The molecule has 0 aliphatic heterocycles. The second kappa shape index (κ2) is 7.61. The minimum atomic E-state index is -0.0133. The molecule has 3 atom stereocenters. The molecule has 3 aromatic carbocycles. The van der Waals surface area contributed by atoms with Crippen molar-refractivity contribution in [3.63, 3.8) is 0 Å². The van der Waals surface area contributed by atoms with Crippen LogP contribution in [0.15, 0.2) is 72.8 Å². The first-order chi connectivity index (χ1) is 12.7. The minimum Gasteiger partial charge on any atom is -0.313 e. The van der Waals surface area contributed by atoms with E-state index in [1.807, 2.05) is 0 Å². The van der Waals surface area contributed by atoms with Gasteiger partial charge in [-0.2, -0.15) is 5.06 Å². The monoisotopic (exact) mass is 345 g/mol. The molecular weight excluding hydrogens is 318 g/mol. The largest absolute Gasteiger partial charge is 0.313 e. The minimum absolute atomic E-state index is 0.0133. The summed E-state index contributed by atoms with van der Waals surface area (Å²) in [4.78, 5) is 0. The SMILES string of the molecule is C[C@H](c1cccc2ccccc12)N(O)[C@H]1CCC[C@H](c2ccccc2)C1. The average Bonchev–Trinajstić information content (AvgIpc) is 2.73. The van der Waals surface area contributed by atoms with Crippen molar-refractivity contribution >= 4 is 10.8 Å². The molecule has 0 amide bonds. The highest BCUT2D eigenvalue weighted by molar-refractivity contribution is 5.86. The molecule has 0 saturated heterocycles. The second-order valence-corrected chi connectivity index (χ2v) is 7.55. The third kappa shape index (κ3) is 3.40. The van der Waals surface area contributed by atoms with E-state index in [0.29, 0.717) is 5.92 Å². The molecule has 1 saturated carbocycles. The smallest absolute Gasteiger partial charge is 0.0580 e. The number of hydrogen-bond acceptors (Lipinski definition) is 2. The molecule has 134 valence electrons. The van der Waals surface area contributed by atoms with Gasteiger partial charge in [0.05, 0.1) is 6.04 Å². The molecule has 1 fully saturated rings. The third-order valence-electron chi connectivity index (χ3n) is 5.96. The zero-order valence-electron chi connectivity index (χ0n) is 15.4. The summed E-state index contributed by atoms with van der Waals surface area (Å²) < 4.78 is 0. The Labute approximate surface area is 156 Å². The number of fused-ring (bicyclic) bond motifs is 1. The topological polar surface area (TPSA) is 23.5 Å². The molecule has 2 heteroatoms. The fraction of sp³-hybridized carbons (Fsp3) is 0.333. The van der Waals surface area contributed by atoms with Gasteiger partial charge in [-0.3, -0.25) is 0 Å². The highest BCUT2D eigenvalue weighted by Gasteiger charge is 2.30. The molecule has 3 aromatic rings. The van der Waals surface area contributed by atoms with E-state index in [4.69, 9.17) is 0 Å². The molecule has 1 aliphatic carbocycles. The maximum Gasteiger partial charge on any atom is 0.0580 e. The van der Waals surface area contributed by atoms with Crippen LogP contribution >= 0.6 is 0 Å². The van der Waals surface area contributed by atoms with Crippen LogP contribution in [-0.2, 0) is 0 Å². The first-order valence-corrected chi connectivity index (χ1v) is 9.74. The van der Waals surface area contributed by atoms with Gasteiger partial charge in [-0.05, 0) is 54.0 Å². The summed E-state index contributed by atoms with van der Waals surface area (Å²) in [6.07, 6.45) is 4.48. The Kier molecular flexibility index (Phi) is 5.05. The predicted octanol–water partition coefficient (Wildman–Crippen LogP) is 6.32. The van der Waals surface area contributed by atoms with Gasteiger partial charge in [0.15, 0.2) is 0 Å². The Bertz CT molecular complexity index is 855. The van der Waals surface area contributed by atoms with Crippen LogP contribution in [0.5, 0.6) is 0 Å². The summed E-state index contributed by atoms with van der Waals surface area (Å²) in [6, 6.07) is 25.8. The van der Waals surface area contributed by atoms with E-state index in [1.165, 1.54) is 34.7 Å². The highest BCUT2D eigenvalue weighted by Crippen LogP contribution is 2.37. The van der Waals surface area contributed by atoms with Crippen LogP contribution in [0.2, 0.25) is 0 Å². The van der Waals surface area contributed by atoms with Gasteiger partial charge in [0, 0.05) is 6.04 Å². The molecule has 26 heavy (non-hydrogen) atoms. The first kappa shape index (κ1) is 17.3. The Balaban J connectivity index is 1.55.